The molecule has 2 N–H and O–H groups in total. The third-order valence-corrected chi connectivity index (χ3v) is 5.45. The van der Waals surface area contributed by atoms with Gasteiger partial charge in [0.2, 0.25) is 0 Å². The third kappa shape index (κ3) is 2.55. The fraction of sp³-hybridized carbons (Fsp3) is 0.471. The first-order valence-electron chi connectivity index (χ1n) is 7.73. The van der Waals surface area contributed by atoms with Crippen molar-refractivity contribution in [3.05, 3.63) is 51.3 Å². The Balaban J connectivity index is 1.80. The summed E-state index contributed by atoms with van der Waals surface area (Å²) in [4.78, 5) is 0. The van der Waals surface area contributed by atoms with Gasteiger partial charge in [0.1, 0.15) is 0 Å². The van der Waals surface area contributed by atoms with Crippen LogP contribution in [0.4, 0.5) is 0 Å². The van der Waals surface area contributed by atoms with Gasteiger partial charge < -0.3 is 5.73 Å². The molecule has 1 aromatic carbocycles. The van der Waals surface area contributed by atoms with Crippen molar-refractivity contribution in [1.29, 1.82) is 0 Å². The molecule has 3 rings (SSSR count). The molecule has 0 radical (unpaired) electrons. The van der Waals surface area contributed by atoms with E-state index in [0.717, 1.165) is 36.0 Å². The second-order valence-electron chi connectivity index (χ2n) is 5.75. The van der Waals surface area contributed by atoms with Gasteiger partial charge in [-0.2, -0.15) is 5.10 Å². The molecule has 2 atom stereocenters. The van der Waals surface area contributed by atoms with Crippen LogP contribution in [-0.2, 0) is 25.8 Å². The molecular formula is C17H22BrN3. The Morgan fingerprint density at radius 1 is 1.38 bits per heavy atom. The van der Waals surface area contributed by atoms with Crippen LogP contribution in [0.25, 0.3) is 0 Å². The van der Waals surface area contributed by atoms with Gasteiger partial charge in [0.05, 0.1) is 15.9 Å². The van der Waals surface area contributed by atoms with Crippen LogP contribution in [0.3, 0.4) is 0 Å². The van der Waals surface area contributed by atoms with Crippen LogP contribution in [-0.4, -0.2) is 15.8 Å². The lowest BCUT2D eigenvalue weighted by Gasteiger charge is -2.34. The fourth-order valence-electron chi connectivity index (χ4n) is 3.26. The fourth-order valence-corrected chi connectivity index (χ4v) is 3.98. The Labute approximate surface area is 134 Å². The zero-order valence-electron chi connectivity index (χ0n) is 12.6. The number of nitrogens with two attached hydrogens (primary N) is 1. The van der Waals surface area contributed by atoms with Crippen LogP contribution in [0.2, 0.25) is 0 Å². The van der Waals surface area contributed by atoms with Gasteiger partial charge in [0.25, 0.3) is 0 Å². The molecule has 0 saturated heterocycles. The van der Waals surface area contributed by atoms with Crippen molar-refractivity contribution in [2.75, 3.05) is 0 Å². The van der Waals surface area contributed by atoms with Gasteiger partial charge in [-0.05, 0) is 46.8 Å². The zero-order valence-corrected chi connectivity index (χ0v) is 14.2. The van der Waals surface area contributed by atoms with Crippen molar-refractivity contribution in [3.63, 3.8) is 0 Å². The number of benzene rings is 1. The Morgan fingerprint density at radius 2 is 2.14 bits per heavy atom. The number of aryl methyl sites for hydroxylation is 2. The predicted octanol–water partition coefficient (Wildman–Crippen LogP) is 3.44. The molecule has 3 nitrogen and oxygen atoms in total. The molecule has 1 aliphatic rings. The first-order chi connectivity index (χ1) is 10.2. The first-order valence-corrected chi connectivity index (χ1v) is 8.52. The molecule has 2 unspecified atom stereocenters. The minimum atomic E-state index is 0.155. The van der Waals surface area contributed by atoms with Crippen molar-refractivity contribution in [2.45, 2.75) is 51.6 Å². The summed E-state index contributed by atoms with van der Waals surface area (Å²) >= 11 is 3.71. The number of halogens is 1. The van der Waals surface area contributed by atoms with Crippen LogP contribution in [0, 0.1) is 0 Å². The number of hydrogen-bond acceptors (Lipinski definition) is 2. The lowest BCUT2D eigenvalue weighted by atomic mass is 9.73. The van der Waals surface area contributed by atoms with Gasteiger partial charge >= 0.3 is 0 Å². The Morgan fingerprint density at radius 3 is 2.81 bits per heavy atom. The number of nitrogens with zero attached hydrogens (tertiary/aromatic N) is 2. The summed E-state index contributed by atoms with van der Waals surface area (Å²) in [6.07, 6.45) is 2.93. The van der Waals surface area contributed by atoms with E-state index < -0.39 is 0 Å². The van der Waals surface area contributed by atoms with Gasteiger partial charge in [-0.25, -0.2) is 0 Å². The van der Waals surface area contributed by atoms with Crippen molar-refractivity contribution in [1.82, 2.24) is 9.78 Å². The van der Waals surface area contributed by atoms with Crippen LogP contribution in [0.15, 0.2) is 28.7 Å². The van der Waals surface area contributed by atoms with Crippen molar-refractivity contribution < 1.29 is 0 Å². The van der Waals surface area contributed by atoms with E-state index in [4.69, 9.17) is 5.73 Å². The molecule has 0 aliphatic heterocycles. The molecule has 0 spiro atoms. The lowest BCUT2D eigenvalue weighted by Crippen LogP contribution is -2.37. The first kappa shape index (κ1) is 14.8. The maximum Gasteiger partial charge on any atom is 0.0766 e. The van der Waals surface area contributed by atoms with Gasteiger partial charge in [0.15, 0.2) is 0 Å². The van der Waals surface area contributed by atoms with E-state index in [0.29, 0.717) is 5.92 Å². The van der Waals surface area contributed by atoms with Crippen LogP contribution >= 0.6 is 15.9 Å². The molecule has 0 fully saturated rings. The van der Waals surface area contributed by atoms with E-state index >= 15 is 0 Å². The SMILES string of the molecule is CCc1nn(CC)c(CC(N)C2Cc3ccccc32)c1Br. The standard InChI is InChI=1S/C17H22BrN3/c1-3-15-17(18)16(21(4-2)20-15)10-14(19)13-9-11-7-5-6-8-12(11)13/h5-8,13-14H,3-4,9-10,19H2,1-2H3. The molecule has 0 saturated carbocycles. The maximum atomic E-state index is 6.51. The molecule has 21 heavy (non-hydrogen) atoms. The second kappa shape index (κ2) is 5.93. The largest absolute Gasteiger partial charge is 0.327 e. The number of fused-ring (bicyclic) bond motifs is 1. The Kier molecular flexibility index (Phi) is 4.18. The molecule has 0 bridgehead atoms. The van der Waals surface area contributed by atoms with Crippen LogP contribution < -0.4 is 5.73 Å². The van der Waals surface area contributed by atoms with Crippen molar-refractivity contribution in [2.24, 2.45) is 5.73 Å². The molecule has 1 aromatic heterocycles. The number of hydrogen-bond donors (Lipinski definition) is 1. The molecule has 0 amide bonds. The summed E-state index contributed by atoms with van der Waals surface area (Å²) in [5.74, 6) is 0.485. The highest BCUT2D eigenvalue weighted by Gasteiger charge is 2.31. The minimum absolute atomic E-state index is 0.155. The van der Waals surface area contributed by atoms with E-state index in [2.05, 4.69) is 63.8 Å². The summed E-state index contributed by atoms with van der Waals surface area (Å²) in [6.45, 7) is 5.16. The van der Waals surface area contributed by atoms with Crippen molar-refractivity contribution in [3.8, 4) is 0 Å². The molecule has 112 valence electrons. The molecule has 1 aliphatic carbocycles. The van der Waals surface area contributed by atoms with Crippen LogP contribution in [0.5, 0.6) is 0 Å². The monoisotopic (exact) mass is 347 g/mol. The van der Waals surface area contributed by atoms with Crippen LogP contribution in [0.1, 0.15) is 42.3 Å². The highest BCUT2D eigenvalue weighted by Crippen LogP contribution is 2.38. The van der Waals surface area contributed by atoms with Gasteiger partial charge in [0, 0.05) is 24.9 Å². The van der Waals surface area contributed by atoms with Gasteiger partial charge in [-0.3, -0.25) is 4.68 Å². The van der Waals surface area contributed by atoms with E-state index in [9.17, 15) is 0 Å². The topological polar surface area (TPSA) is 43.8 Å². The zero-order chi connectivity index (χ0) is 15.0. The normalized spacial score (nSPS) is 18.2. The van der Waals surface area contributed by atoms with Gasteiger partial charge in [-0.15, -0.1) is 0 Å². The highest BCUT2D eigenvalue weighted by atomic mass is 79.9. The third-order valence-electron chi connectivity index (χ3n) is 4.53. The summed E-state index contributed by atoms with van der Waals surface area (Å²) < 4.78 is 3.24. The Hall–Kier alpha value is -1.13. The van der Waals surface area contributed by atoms with E-state index in [1.54, 1.807) is 0 Å². The van der Waals surface area contributed by atoms with Gasteiger partial charge in [-0.1, -0.05) is 31.2 Å². The molecular weight excluding hydrogens is 326 g/mol. The predicted molar refractivity (Wildman–Crippen MR) is 89.5 cm³/mol. The highest BCUT2D eigenvalue weighted by molar-refractivity contribution is 9.10. The summed E-state index contributed by atoms with van der Waals surface area (Å²) in [7, 11) is 0. The summed E-state index contributed by atoms with van der Waals surface area (Å²) in [6, 6.07) is 8.80. The average Bonchev–Trinajstić information content (AvgIpc) is 2.76. The lowest BCUT2D eigenvalue weighted by molar-refractivity contribution is 0.464. The number of aromatic nitrogens is 2. The Bertz CT molecular complexity index is 647. The average molecular weight is 348 g/mol. The maximum absolute atomic E-state index is 6.51. The minimum Gasteiger partial charge on any atom is -0.327 e. The smallest absolute Gasteiger partial charge is 0.0766 e. The summed E-state index contributed by atoms with van der Waals surface area (Å²) in [5, 5.41) is 4.66. The number of rotatable bonds is 5. The summed E-state index contributed by atoms with van der Waals surface area (Å²) in [5.41, 5.74) is 11.8. The van der Waals surface area contributed by atoms with E-state index in [-0.39, 0.29) is 6.04 Å². The van der Waals surface area contributed by atoms with E-state index in [1.807, 2.05) is 0 Å². The molecule has 2 aromatic rings. The molecule has 4 heteroatoms. The second-order valence-corrected chi connectivity index (χ2v) is 6.55. The van der Waals surface area contributed by atoms with Crippen molar-refractivity contribution >= 4 is 15.9 Å². The quantitative estimate of drug-likeness (QED) is 0.900. The molecule has 1 heterocycles. The van der Waals surface area contributed by atoms with E-state index in [1.165, 1.54) is 16.8 Å².